The van der Waals surface area contributed by atoms with Crippen molar-refractivity contribution < 1.29 is 10.0 Å². The average Bonchev–Trinajstić information content (AvgIpc) is 2.18. The summed E-state index contributed by atoms with van der Waals surface area (Å²) < 4.78 is 0. The van der Waals surface area contributed by atoms with Crippen LogP contribution in [0.1, 0.15) is 43.1 Å². The summed E-state index contributed by atoms with van der Waals surface area (Å²) in [7, 11) is -1.25. The molecule has 3 heteroatoms. The van der Waals surface area contributed by atoms with Crippen molar-refractivity contribution in [2.24, 2.45) is 0 Å². The summed E-state index contributed by atoms with van der Waals surface area (Å²) in [6.07, 6.45) is 2.93. The van der Waals surface area contributed by atoms with E-state index in [0.29, 0.717) is 0 Å². The van der Waals surface area contributed by atoms with Gasteiger partial charge in [0.2, 0.25) is 0 Å². The number of unbranched alkanes of at least 4 members (excludes halogenated alkanes) is 1. The SMILES string of the molecule is CCCCC(B(O)O)c1cccc(C)c1. The molecular formula is C12H19BO2. The maximum Gasteiger partial charge on any atom is 0.459 e. The van der Waals surface area contributed by atoms with Gasteiger partial charge in [-0.25, -0.2) is 0 Å². The minimum atomic E-state index is -1.25. The van der Waals surface area contributed by atoms with E-state index in [4.69, 9.17) is 0 Å². The van der Waals surface area contributed by atoms with Crippen LogP contribution >= 0.6 is 0 Å². The second-order valence-electron chi connectivity index (χ2n) is 4.08. The maximum absolute atomic E-state index is 9.34. The van der Waals surface area contributed by atoms with Crippen molar-refractivity contribution in [1.29, 1.82) is 0 Å². The van der Waals surface area contributed by atoms with Crippen LogP contribution in [0.3, 0.4) is 0 Å². The van der Waals surface area contributed by atoms with E-state index < -0.39 is 7.12 Å². The molecule has 1 atom stereocenters. The molecule has 0 aliphatic carbocycles. The van der Waals surface area contributed by atoms with E-state index in [-0.39, 0.29) is 5.82 Å². The molecule has 2 N–H and O–H groups in total. The molecule has 1 rings (SSSR count). The Hall–Kier alpha value is -0.795. The molecule has 0 saturated heterocycles. The normalized spacial score (nSPS) is 12.5. The van der Waals surface area contributed by atoms with E-state index in [2.05, 4.69) is 6.92 Å². The van der Waals surface area contributed by atoms with Crippen LogP contribution in [0.15, 0.2) is 24.3 Å². The van der Waals surface area contributed by atoms with E-state index >= 15 is 0 Å². The summed E-state index contributed by atoms with van der Waals surface area (Å²) in [5.41, 5.74) is 2.19. The molecule has 0 spiro atoms. The van der Waals surface area contributed by atoms with E-state index in [0.717, 1.165) is 30.4 Å². The maximum atomic E-state index is 9.34. The first-order valence-electron chi connectivity index (χ1n) is 5.58. The zero-order chi connectivity index (χ0) is 11.3. The Bertz CT molecular complexity index is 299. The second kappa shape index (κ2) is 5.94. The van der Waals surface area contributed by atoms with Crippen molar-refractivity contribution in [2.45, 2.75) is 38.9 Å². The fourth-order valence-corrected chi connectivity index (χ4v) is 1.81. The summed E-state index contributed by atoms with van der Waals surface area (Å²) in [4.78, 5) is 0. The Morgan fingerprint density at radius 3 is 2.60 bits per heavy atom. The highest BCUT2D eigenvalue weighted by Crippen LogP contribution is 2.23. The molecule has 0 aromatic heterocycles. The van der Waals surface area contributed by atoms with Crippen LogP contribution in [-0.2, 0) is 0 Å². The van der Waals surface area contributed by atoms with Crippen LogP contribution in [0.4, 0.5) is 0 Å². The van der Waals surface area contributed by atoms with Crippen molar-refractivity contribution in [3.05, 3.63) is 35.4 Å². The molecule has 0 aliphatic rings. The lowest BCUT2D eigenvalue weighted by molar-refractivity contribution is 0.380. The highest BCUT2D eigenvalue weighted by molar-refractivity contribution is 6.43. The summed E-state index contributed by atoms with van der Waals surface area (Å²) >= 11 is 0. The van der Waals surface area contributed by atoms with E-state index in [9.17, 15) is 10.0 Å². The minimum Gasteiger partial charge on any atom is -0.427 e. The Morgan fingerprint density at radius 1 is 1.33 bits per heavy atom. The lowest BCUT2D eigenvalue weighted by atomic mass is 9.66. The quantitative estimate of drug-likeness (QED) is 0.725. The Morgan fingerprint density at radius 2 is 2.07 bits per heavy atom. The monoisotopic (exact) mass is 206 g/mol. The molecule has 2 nitrogen and oxygen atoms in total. The summed E-state index contributed by atoms with van der Waals surface area (Å²) in [5.74, 6) is -0.148. The average molecular weight is 206 g/mol. The van der Waals surface area contributed by atoms with Crippen molar-refractivity contribution in [3.8, 4) is 0 Å². The summed E-state index contributed by atoms with van der Waals surface area (Å²) in [6.45, 7) is 4.13. The Kier molecular flexibility index (Phi) is 4.86. The van der Waals surface area contributed by atoms with E-state index in [1.54, 1.807) is 0 Å². The predicted molar refractivity (Wildman–Crippen MR) is 63.6 cm³/mol. The molecule has 0 saturated carbocycles. The van der Waals surface area contributed by atoms with Gasteiger partial charge in [0.15, 0.2) is 0 Å². The molecule has 15 heavy (non-hydrogen) atoms. The van der Waals surface area contributed by atoms with Gasteiger partial charge >= 0.3 is 7.12 Å². The van der Waals surface area contributed by atoms with Crippen LogP contribution in [-0.4, -0.2) is 17.2 Å². The fraction of sp³-hybridized carbons (Fsp3) is 0.500. The highest BCUT2D eigenvalue weighted by atomic mass is 16.4. The molecule has 0 amide bonds. The third-order valence-corrected chi connectivity index (χ3v) is 2.70. The highest BCUT2D eigenvalue weighted by Gasteiger charge is 2.24. The zero-order valence-electron chi connectivity index (χ0n) is 9.48. The molecule has 0 radical (unpaired) electrons. The first-order chi connectivity index (χ1) is 7.15. The van der Waals surface area contributed by atoms with Crippen LogP contribution in [0.25, 0.3) is 0 Å². The van der Waals surface area contributed by atoms with Crippen molar-refractivity contribution in [1.82, 2.24) is 0 Å². The van der Waals surface area contributed by atoms with Crippen molar-refractivity contribution in [2.75, 3.05) is 0 Å². The van der Waals surface area contributed by atoms with Gasteiger partial charge in [0.25, 0.3) is 0 Å². The number of aryl methyl sites for hydroxylation is 1. The van der Waals surface area contributed by atoms with Gasteiger partial charge in [-0.15, -0.1) is 0 Å². The molecular weight excluding hydrogens is 187 g/mol. The topological polar surface area (TPSA) is 40.5 Å². The molecule has 0 fully saturated rings. The van der Waals surface area contributed by atoms with Crippen LogP contribution in [0, 0.1) is 6.92 Å². The van der Waals surface area contributed by atoms with Gasteiger partial charge in [-0.05, 0) is 18.9 Å². The first kappa shape index (κ1) is 12.3. The first-order valence-corrected chi connectivity index (χ1v) is 5.58. The molecule has 0 heterocycles. The number of rotatable bonds is 5. The van der Waals surface area contributed by atoms with Gasteiger partial charge in [-0.1, -0.05) is 49.6 Å². The lowest BCUT2D eigenvalue weighted by Gasteiger charge is -2.16. The fourth-order valence-electron chi connectivity index (χ4n) is 1.81. The molecule has 1 unspecified atom stereocenters. The van der Waals surface area contributed by atoms with E-state index in [1.165, 1.54) is 0 Å². The number of benzene rings is 1. The smallest absolute Gasteiger partial charge is 0.427 e. The lowest BCUT2D eigenvalue weighted by Crippen LogP contribution is -2.23. The molecule has 0 bridgehead atoms. The summed E-state index contributed by atoms with van der Waals surface area (Å²) in [6, 6.07) is 7.97. The Labute approximate surface area is 92.1 Å². The molecule has 0 aliphatic heterocycles. The van der Waals surface area contributed by atoms with Gasteiger partial charge in [-0.2, -0.15) is 0 Å². The van der Waals surface area contributed by atoms with Gasteiger partial charge < -0.3 is 10.0 Å². The third kappa shape index (κ3) is 3.69. The van der Waals surface area contributed by atoms with Crippen LogP contribution in [0.2, 0.25) is 0 Å². The van der Waals surface area contributed by atoms with Gasteiger partial charge in [0.1, 0.15) is 0 Å². The van der Waals surface area contributed by atoms with E-state index in [1.807, 2.05) is 31.2 Å². The van der Waals surface area contributed by atoms with Crippen LogP contribution < -0.4 is 0 Å². The molecule has 1 aromatic rings. The largest absolute Gasteiger partial charge is 0.459 e. The van der Waals surface area contributed by atoms with Crippen molar-refractivity contribution in [3.63, 3.8) is 0 Å². The standard InChI is InChI=1S/C12H19BO2/c1-3-4-8-12(13(14)15)11-7-5-6-10(2)9-11/h5-7,9,12,14-15H,3-4,8H2,1-2H3. The molecule has 1 aromatic carbocycles. The van der Waals surface area contributed by atoms with Gasteiger partial charge in [-0.3, -0.25) is 0 Å². The van der Waals surface area contributed by atoms with Gasteiger partial charge in [0, 0.05) is 5.82 Å². The molecule has 82 valence electrons. The minimum absolute atomic E-state index is 0.148. The van der Waals surface area contributed by atoms with Gasteiger partial charge in [0.05, 0.1) is 0 Å². The third-order valence-electron chi connectivity index (χ3n) is 2.70. The second-order valence-corrected chi connectivity index (χ2v) is 4.08. The Balaban J connectivity index is 2.79. The number of hydrogen-bond acceptors (Lipinski definition) is 2. The number of hydrogen-bond donors (Lipinski definition) is 2. The van der Waals surface area contributed by atoms with Crippen molar-refractivity contribution >= 4 is 7.12 Å². The zero-order valence-corrected chi connectivity index (χ0v) is 9.48. The van der Waals surface area contributed by atoms with Crippen LogP contribution in [0.5, 0.6) is 0 Å². The summed E-state index contributed by atoms with van der Waals surface area (Å²) in [5, 5.41) is 18.7. The predicted octanol–water partition coefficient (Wildman–Crippen LogP) is 2.28.